The minimum absolute atomic E-state index is 0.510. The molecule has 3 nitrogen and oxygen atoms in total. The fourth-order valence-electron chi connectivity index (χ4n) is 3.23. The molecule has 0 amide bonds. The van der Waals surface area contributed by atoms with Gasteiger partial charge in [-0.25, -0.2) is 0 Å². The Morgan fingerprint density at radius 3 is 3.00 bits per heavy atom. The zero-order valence-electron chi connectivity index (χ0n) is 13.2. The Morgan fingerprint density at radius 1 is 1.33 bits per heavy atom. The number of pyridine rings is 1. The lowest BCUT2D eigenvalue weighted by Gasteiger charge is -2.42. The molecule has 1 aliphatic heterocycles. The Kier molecular flexibility index (Phi) is 4.11. The van der Waals surface area contributed by atoms with Crippen LogP contribution < -0.4 is 10.2 Å². The summed E-state index contributed by atoms with van der Waals surface area (Å²) in [6, 6.07) is 11.7. The number of anilines is 1. The lowest BCUT2D eigenvalue weighted by Crippen LogP contribution is -2.57. The highest BCUT2D eigenvalue weighted by Gasteiger charge is 2.28. The molecule has 0 aliphatic carbocycles. The van der Waals surface area contributed by atoms with E-state index in [4.69, 9.17) is 0 Å². The fourth-order valence-corrected chi connectivity index (χ4v) is 3.23. The molecular formula is C18H25N3. The highest BCUT2D eigenvalue weighted by molar-refractivity contribution is 5.91. The number of aromatic nitrogens is 1. The quantitative estimate of drug-likeness (QED) is 0.935. The van der Waals surface area contributed by atoms with Gasteiger partial charge in [-0.3, -0.25) is 4.98 Å². The predicted octanol–water partition coefficient (Wildman–Crippen LogP) is 3.45. The summed E-state index contributed by atoms with van der Waals surface area (Å²) in [6.45, 7) is 9.04. The summed E-state index contributed by atoms with van der Waals surface area (Å²) in [6.07, 6.45) is 3.09. The number of piperazine rings is 1. The Bertz CT molecular complexity index is 605. The molecule has 1 N–H and O–H groups in total. The van der Waals surface area contributed by atoms with Crippen LogP contribution in [-0.4, -0.2) is 30.2 Å². The van der Waals surface area contributed by atoms with Crippen LogP contribution in [0.3, 0.4) is 0 Å². The molecule has 0 radical (unpaired) electrons. The van der Waals surface area contributed by atoms with Crippen LogP contribution in [0.25, 0.3) is 10.9 Å². The van der Waals surface area contributed by atoms with Gasteiger partial charge in [-0.2, -0.15) is 0 Å². The van der Waals surface area contributed by atoms with Crippen molar-refractivity contribution in [3.05, 3.63) is 36.5 Å². The van der Waals surface area contributed by atoms with E-state index >= 15 is 0 Å². The molecule has 1 saturated heterocycles. The Hall–Kier alpha value is -1.61. The molecule has 3 rings (SSSR count). The number of fused-ring (bicyclic) bond motifs is 1. The van der Waals surface area contributed by atoms with Crippen molar-refractivity contribution in [1.82, 2.24) is 10.3 Å². The number of nitrogens with zero attached hydrogens (tertiary/aromatic N) is 2. The summed E-state index contributed by atoms with van der Waals surface area (Å²) in [4.78, 5) is 7.04. The normalized spacial score (nSPS) is 24.2. The molecule has 3 unspecified atom stereocenters. The van der Waals surface area contributed by atoms with Crippen molar-refractivity contribution in [3.63, 3.8) is 0 Å². The Balaban J connectivity index is 1.96. The molecule has 1 aromatic carbocycles. The molecule has 1 aliphatic rings. The average molecular weight is 283 g/mol. The van der Waals surface area contributed by atoms with Gasteiger partial charge >= 0.3 is 0 Å². The Labute approximate surface area is 127 Å². The van der Waals surface area contributed by atoms with Gasteiger partial charge in [-0.05, 0) is 37.1 Å². The third-order valence-electron chi connectivity index (χ3n) is 4.86. The van der Waals surface area contributed by atoms with E-state index in [1.807, 2.05) is 12.3 Å². The van der Waals surface area contributed by atoms with Gasteiger partial charge < -0.3 is 10.2 Å². The molecule has 0 saturated carbocycles. The third kappa shape index (κ3) is 2.75. The summed E-state index contributed by atoms with van der Waals surface area (Å²) in [5.41, 5.74) is 2.41. The summed E-state index contributed by atoms with van der Waals surface area (Å²) in [5, 5.41) is 4.97. The van der Waals surface area contributed by atoms with Gasteiger partial charge in [0.2, 0.25) is 0 Å². The number of hydrogen-bond donors (Lipinski definition) is 1. The smallest absolute Gasteiger partial charge is 0.0722 e. The van der Waals surface area contributed by atoms with Crippen molar-refractivity contribution >= 4 is 16.6 Å². The van der Waals surface area contributed by atoms with E-state index in [1.165, 1.54) is 17.5 Å². The van der Waals surface area contributed by atoms with E-state index in [2.05, 4.69) is 60.2 Å². The van der Waals surface area contributed by atoms with Crippen molar-refractivity contribution in [1.29, 1.82) is 0 Å². The Morgan fingerprint density at radius 2 is 2.19 bits per heavy atom. The van der Waals surface area contributed by atoms with Crippen molar-refractivity contribution < 1.29 is 0 Å². The lowest BCUT2D eigenvalue weighted by molar-refractivity contribution is 0.316. The fraction of sp³-hybridized carbons (Fsp3) is 0.500. The van der Waals surface area contributed by atoms with E-state index in [0.717, 1.165) is 18.6 Å². The second kappa shape index (κ2) is 6.02. The zero-order chi connectivity index (χ0) is 14.8. The average Bonchev–Trinajstić information content (AvgIpc) is 2.54. The highest BCUT2D eigenvalue weighted by atomic mass is 15.2. The maximum absolute atomic E-state index is 4.49. The van der Waals surface area contributed by atoms with Crippen LogP contribution in [0.15, 0.2) is 36.5 Å². The van der Waals surface area contributed by atoms with Crippen LogP contribution >= 0.6 is 0 Å². The first-order valence-corrected chi connectivity index (χ1v) is 8.04. The maximum atomic E-state index is 4.49. The van der Waals surface area contributed by atoms with Gasteiger partial charge in [0.15, 0.2) is 0 Å². The van der Waals surface area contributed by atoms with Crippen LogP contribution in [0, 0.1) is 5.92 Å². The summed E-state index contributed by atoms with van der Waals surface area (Å²) < 4.78 is 0. The van der Waals surface area contributed by atoms with Crippen molar-refractivity contribution in [3.8, 4) is 0 Å². The summed E-state index contributed by atoms with van der Waals surface area (Å²) in [5.74, 6) is 0.702. The highest BCUT2D eigenvalue weighted by Crippen LogP contribution is 2.29. The van der Waals surface area contributed by atoms with Crippen molar-refractivity contribution in [2.45, 2.75) is 39.3 Å². The largest absolute Gasteiger partial charge is 0.365 e. The van der Waals surface area contributed by atoms with E-state index in [1.54, 1.807) is 0 Å². The standard InChI is InChI=1S/C18H25N3/c1-4-13(2)17-12-21(14(3)11-20-17)18-9-5-8-16-15(18)7-6-10-19-16/h5-10,13-14,17,20H,4,11-12H2,1-3H3. The molecule has 2 heterocycles. The minimum Gasteiger partial charge on any atom is -0.365 e. The van der Waals surface area contributed by atoms with Gasteiger partial charge in [0, 0.05) is 42.4 Å². The zero-order valence-corrected chi connectivity index (χ0v) is 13.2. The SMILES string of the molecule is CCC(C)C1CN(c2cccc3ncccc23)C(C)CN1. The molecule has 0 spiro atoms. The minimum atomic E-state index is 0.510. The summed E-state index contributed by atoms with van der Waals surface area (Å²) >= 11 is 0. The molecule has 3 atom stereocenters. The van der Waals surface area contributed by atoms with E-state index in [-0.39, 0.29) is 0 Å². The molecule has 3 heteroatoms. The molecule has 112 valence electrons. The van der Waals surface area contributed by atoms with Crippen molar-refractivity contribution in [2.24, 2.45) is 5.92 Å². The molecule has 1 aromatic heterocycles. The number of benzene rings is 1. The predicted molar refractivity (Wildman–Crippen MR) is 89.8 cm³/mol. The number of hydrogen-bond acceptors (Lipinski definition) is 3. The van der Waals surface area contributed by atoms with Gasteiger partial charge in [0.1, 0.15) is 0 Å². The second-order valence-electron chi connectivity index (χ2n) is 6.25. The summed E-state index contributed by atoms with van der Waals surface area (Å²) in [7, 11) is 0. The first-order chi connectivity index (χ1) is 10.2. The van der Waals surface area contributed by atoms with Crippen LogP contribution in [0.2, 0.25) is 0 Å². The van der Waals surface area contributed by atoms with Crippen LogP contribution in [0.1, 0.15) is 27.2 Å². The first kappa shape index (κ1) is 14.3. The lowest BCUT2D eigenvalue weighted by atomic mass is 9.95. The molecule has 1 fully saturated rings. The van der Waals surface area contributed by atoms with E-state index in [0.29, 0.717) is 18.0 Å². The molecule has 21 heavy (non-hydrogen) atoms. The molecule has 2 aromatic rings. The molecule has 0 bridgehead atoms. The van der Waals surface area contributed by atoms with Crippen LogP contribution in [0.4, 0.5) is 5.69 Å². The second-order valence-corrected chi connectivity index (χ2v) is 6.25. The van der Waals surface area contributed by atoms with E-state index < -0.39 is 0 Å². The van der Waals surface area contributed by atoms with Gasteiger partial charge in [0.05, 0.1) is 5.52 Å². The maximum Gasteiger partial charge on any atom is 0.0722 e. The number of nitrogens with one attached hydrogen (secondary N) is 1. The molecular weight excluding hydrogens is 258 g/mol. The van der Waals surface area contributed by atoms with Crippen molar-refractivity contribution in [2.75, 3.05) is 18.0 Å². The topological polar surface area (TPSA) is 28.2 Å². The third-order valence-corrected chi connectivity index (χ3v) is 4.86. The van der Waals surface area contributed by atoms with Crippen LogP contribution in [-0.2, 0) is 0 Å². The first-order valence-electron chi connectivity index (χ1n) is 8.04. The number of rotatable bonds is 3. The van der Waals surface area contributed by atoms with Gasteiger partial charge in [-0.1, -0.05) is 26.3 Å². The monoisotopic (exact) mass is 283 g/mol. The van der Waals surface area contributed by atoms with Crippen LogP contribution in [0.5, 0.6) is 0 Å². The van der Waals surface area contributed by atoms with E-state index in [9.17, 15) is 0 Å². The van der Waals surface area contributed by atoms with Gasteiger partial charge in [0.25, 0.3) is 0 Å². The van der Waals surface area contributed by atoms with Gasteiger partial charge in [-0.15, -0.1) is 0 Å².